The highest BCUT2D eigenvalue weighted by atomic mass is 35.5. The van der Waals surface area contributed by atoms with Crippen LogP contribution in [0.3, 0.4) is 0 Å². The van der Waals surface area contributed by atoms with E-state index in [0.29, 0.717) is 10.6 Å². The summed E-state index contributed by atoms with van der Waals surface area (Å²) in [5.41, 5.74) is 0.468. The summed E-state index contributed by atoms with van der Waals surface area (Å²) in [6.45, 7) is 0. The molecule has 0 atom stereocenters. The van der Waals surface area contributed by atoms with Gasteiger partial charge in [0.1, 0.15) is 4.90 Å². The molecule has 2 rings (SSSR count). The van der Waals surface area contributed by atoms with Gasteiger partial charge < -0.3 is 5.32 Å². The molecule has 6 nitrogen and oxygen atoms in total. The topological polar surface area (TPSA) is 92.5 Å². The Balaban J connectivity index is 2.58. The van der Waals surface area contributed by atoms with E-state index in [1.165, 1.54) is 16.4 Å². The molecule has 3 N–H and O–H groups in total. The van der Waals surface area contributed by atoms with Crippen LogP contribution in [0.5, 0.6) is 0 Å². The Morgan fingerprint density at radius 1 is 1.47 bits per heavy atom. The highest BCUT2D eigenvalue weighted by Gasteiger charge is 2.24. The van der Waals surface area contributed by atoms with Crippen LogP contribution in [0.15, 0.2) is 21.9 Å². The summed E-state index contributed by atoms with van der Waals surface area (Å²) in [5.74, 6) is 0. The van der Waals surface area contributed by atoms with Crippen LogP contribution in [0, 0.1) is 0 Å². The summed E-state index contributed by atoms with van der Waals surface area (Å²) < 4.78 is 23.9. The number of nitrogens with zero attached hydrogens (tertiary/aromatic N) is 1. The lowest BCUT2D eigenvalue weighted by molar-refractivity contribution is 0.242. The lowest BCUT2D eigenvalue weighted by Crippen LogP contribution is -2.29. The minimum Gasteiger partial charge on any atom is -0.306 e. The second kappa shape index (κ2) is 4.05. The first-order valence-corrected chi connectivity index (χ1v) is 7.08. The van der Waals surface area contributed by atoms with Crippen LogP contribution in [0.25, 0.3) is 0 Å². The van der Waals surface area contributed by atoms with Crippen LogP contribution in [-0.2, 0) is 10.0 Å². The molecule has 0 bridgehead atoms. The molecule has 1 aromatic carbocycles. The maximum absolute atomic E-state index is 11.4. The number of fused-ring (bicyclic) bond motifs is 1. The SMILES string of the molecule is CN1Sc2cc(S(N)(=O)=O)c(Cl)cc2NC1=O. The number of sulfonamides is 1. The Labute approximate surface area is 107 Å². The first-order chi connectivity index (χ1) is 7.79. The fourth-order valence-corrected chi connectivity index (χ4v) is 3.29. The van der Waals surface area contributed by atoms with E-state index in [9.17, 15) is 13.2 Å². The predicted molar refractivity (Wildman–Crippen MR) is 65.5 cm³/mol. The van der Waals surface area contributed by atoms with Crippen molar-refractivity contribution in [3.05, 3.63) is 17.2 Å². The number of hydrogen-bond acceptors (Lipinski definition) is 4. The molecule has 0 saturated carbocycles. The Kier molecular flexibility index (Phi) is 2.98. The zero-order valence-electron chi connectivity index (χ0n) is 8.60. The molecule has 92 valence electrons. The normalized spacial score (nSPS) is 15.5. The zero-order chi connectivity index (χ0) is 12.8. The third kappa shape index (κ3) is 2.34. The van der Waals surface area contributed by atoms with Gasteiger partial charge in [-0.25, -0.2) is 18.4 Å². The first kappa shape index (κ1) is 12.5. The highest BCUT2D eigenvalue weighted by Crippen LogP contribution is 2.38. The summed E-state index contributed by atoms with van der Waals surface area (Å²) in [7, 11) is -2.31. The molecule has 2 amide bonds. The fourth-order valence-electron chi connectivity index (χ4n) is 1.31. The number of amides is 2. The van der Waals surface area contributed by atoms with Gasteiger partial charge in [-0.3, -0.25) is 4.31 Å². The van der Waals surface area contributed by atoms with Crippen molar-refractivity contribution < 1.29 is 13.2 Å². The van der Waals surface area contributed by atoms with Gasteiger partial charge in [-0.2, -0.15) is 0 Å². The largest absolute Gasteiger partial charge is 0.331 e. The van der Waals surface area contributed by atoms with Gasteiger partial charge in [0.15, 0.2) is 0 Å². The van der Waals surface area contributed by atoms with Gasteiger partial charge >= 0.3 is 6.03 Å². The molecule has 0 saturated heterocycles. The van der Waals surface area contributed by atoms with Crippen LogP contribution in [0.2, 0.25) is 5.02 Å². The van der Waals surface area contributed by atoms with Crippen LogP contribution in [-0.4, -0.2) is 25.8 Å². The number of hydrogen-bond donors (Lipinski definition) is 2. The van der Waals surface area contributed by atoms with Gasteiger partial charge in [-0.1, -0.05) is 11.6 Å². The zero-order valence-corrected chi connectivity index (χ0v) is 11.0. The number of nitrogens with two attached hydrogens (primary N) is 1. The molecular weight excluding hydrogens is 286 g/mol. The maximum atomic E-state index is 11.4. The smallest absolute Gasteiger partial charge is 0.306 e. The number of benzene rings is 1. The van der Waals surface area contributed by atoms with Crippen LogP contribution in [0.1, 0.15) is 0 Å². The minimum atomic E-state index is -3.87. The average molecular weight is 294 g/mol. The second-order valence-corrected chi connectivity index (χ2v) is 6.45. The van der Waals surface area contributed by atoms with E-state index in [2.05, 4.69) is 5.32 Å². The van der Waals surface area contributed by atoms with Gasteiger partial charge in [-0.05, 0) is 24.1 Å². The van der Waals surface area contributed by atoms with E-state index in [0.717, 1.165) is 11.9 Å². The van der Waals surface area contributed by atoms with Gasteiger partial charge in [0, 0.05) is 7.05 Å². The molecule has 1 heterocycles. The molecule has 17 heavy (non-hydrogen) atoms. The van der Waals surface area contributed by atoms with Gasteiger partial charge in [-0.15, -0.1) is 0 Å². The summed E-state index contributed by atoms with van der Waals surface area (Å²) >= 11 is 6.90. The van der Waals surface area contributed by atoms with Gasteiger partial charge in [0.25, 0.3) is 0 Å². The number of nitrogens with one attached hydrogen (secondary N) is 1. The van der Waals surface area contributed by atoms with E-state index < -0.39 is 10.0 Å². The Bertz CT molecular complexity index is 602. The van der Waals surface area contributed by atoms with Crippen LogP contribution < -0.4 is 10.5 Å². The highest BCUT2D eigenvalue weighted by molar-refractivity contribution is 7.97. The standard InChI is InChI=1S/C8H8ClN3O3S2/c1-12-8(13)11-5-2-4(9)7(17(10,14)15)3-6(5)16-12/h2-3H,1H3,(H,11,13)(H2,10,14,15). The van der Waals surface area contributed by atoms with E-state index in [1.807, 2.05) is 0 Å². The van der Waals surface area contributed by atoms with E-state index in [4.69, 9.17) is 16.7 Å². The predicted octanol–water partition coefficient (Wildman–Crippen LogP) is 1.47. The lowest BCUT2D eigenvalue weighted by atomic mass is 10.3. The number of urea groups is 1. The van der Waals surface area contributed by atoms with Crippen molar-refractivity contribution >= 4 is 45.3 Å². The monoisotopic (exact) mass is 293 g/mol. The summed E-state index contributed by atoms with van der Waals surface area (Å²) in [6, 6.07) is 2.41. The van der Waals surface area contributed by atoms with Crippen molar-refractivity contribution in [1.82, 2.24) is 4.31 Å². The second-order valence-electron chi connectivity index (χ2n) is 3.34. The Morgan fingerprint density at radius 3 is 2.71 bits per heavy atom. The van der Waals surface area contributed by atoms with Crippen molar-refractivity contribution in [3.63, 3.8) is 0 Å². The fraction of sp³-hybridized carbons (Fsp3) is 0.125. The van der Waals surface area contributed by atoms with Crippen molar-refractivity contribution in [2.24, 2.45) is 5.14 Å². The molecule has 9 heteroatoms. The third-order valence-corrected chi connectivity index (χ3v) is 4.45. The lowest BCUT2D eigenvalue weighted by Gasteiger charge is -2.25. The molecule has 0 aromatic heterocycles. The Hall–Kier alpha value is -0.960. The molecular formula is C8H8ClN3O3S2. The molecule has 0 radical (unpaired) electrons. The summed E-state index contributed by atoms with van der Waals surface area (Å²) in [5, 5.41) is 7.59. The van der Waals surface area contributed by atoms with Crippen molar-refractivity contribution in [3.8, 4) is 0 Å². The number of halogens is 1. The van der Waals surface area contributed by atoms with E-state index in [1.54, 1.807) is 7.05 Å². The van der Waals surface area contributed by atoms with E-state index in [-0.39, 0.29) is 15.9 Å². The number of anilines is 1. The number of carbonyl (C=O) groups is 1. The Morgan fingerprint density at radius 2 is 2.12 bits per heavy atom. The first-order valence-electron chi connectivity index (χ1n) is 4.38. The molecule has 1 aliphatic heterocycles. The number of rotatable bonds is 1. The summed E-state index contributed by atoms with van der Waals surface area (Å²) in [4.78, 5) is 11.8. The van der Waals surface area contributed by atoms with Gasteiger partial charge in [0.05, 0.1) is 15.6 Å². The summed E-state index contributed by atoms with van der Waals surface area (Å²) in [6.07, 6.45) is 0. The molecule has 1 aliphatic rings. The minimum absolute atomic E-state index is 0.0169. The number of carbonyl (C=O) groups excluding carboxylic acids is 1. The van der Waals surface area contributed by atoms with Crippen molar-refractivity contribution in [2.75, 3.05) is 12.4 Å². The number of primary sulfonamides is 1. The molecule has 0 aliphatic carbocycles. The average Bonchev–Trinajstić information content (AvgIpc) is 2.18. The molecule has 0 spiro atoms. The quantitative estimate of drug-likeness (QED) is 0.767. The molecule has 1 aromatic rings. The van der Waals surface area contributed by atoms with E-state index >= 15 is 0 Å². The third-order valence-electron chi connectivity index (χ3n) is 2.10. The van der Waals surface area contributed by atoms with Crippen molar-refractivity contribution in [1.29, 1.82) is 0 Å². The molecule has 0 unspecified atom stereocenters. The maximum Gasteiger partial charge on any atom is 0.331 e. The molecule has 0 fully saturated rings. The van der Waals surface area contributed by atoms with Gasteiger partial charge in [0.2, 0.25) is 10.0 Å². The van der Waals surface area contributed by atoms with Crippen LogP contribution >= 0.6 is 23.5 Å². The van der Waals surface area contributed by atoms with Crippen LogP contribution in [0.4, 0.5) is 10.5 Å². The van der Waals surface area contributed by atoms with Crippen molar-refractivity contribution in [2.45, 2.75) is 9.79 Å².